The van der Waals surface area contributed by atoms with E-state index in [0.717, 1.165) is 5.56 Å². The van der Waals surface area contributed by atoms with Crippen molar-refractivity contribution in [2.45, 2.75) is 32.4 Å². The maximum Gasteiger partial charge on any atom is 0.279 e. The summed E-state index contributed by atoms with van der Waals surface area (Å²) >= 11 is 3.37. The first kappa shape index (κ1) is 16.6. The van der Waals surface area contributed by atoms with E-state index in [9.17, 15) is 8.42 Å². The molecule has 4 nitrogen and oxygen atoms in total. The number of halogens is 1. The topological polar surface area (TPSA) is 49.4 Å². The van der Waals surface area contributed by atoms with Crippen LogP contribution >= 0.6 is 15.9 Å². The molecule has 1 rings (SSSR count). The van der Waals surface area contributed by atoms with Crippen LogP contribution in [0.2, 0.25) is 0 Å². The number of hydrogen-bond donors (Lipinski definition) is 1. The molecule has 0 bridgehead atoms. The van der Waals surface area contributed by atoms with Crippen molar-refractivity contribution in [3.8, 4) is 0 Å². The first-order chi connectivity index (χ1) is 8.86. The predicted octanol–water partition coefficient (Wildman–Crippen LogP) is 2.17. The molecule has 6 heteroatoms. The highest BCUT2D eigenvalue weighted by Gasteiger charge is 2.23. The van der Waals surface area contributed by atoms with E-state index < -0.39 is 10.2 Å². The third kappa shape index (κ3) is 5.22. The molecular weight excluding hydrogens is 328 g/mol. The summed E-state index contributed by atoms with van der Waals surface area (Å²) in [6, 6.07) is 9.62. The third-order valence-corrected chi connectivity index (χ3v) is 5.53. The molecule has 108 valence electrons. The minimum absolute atomic E-state index is 0.0646. The Morgan fingerprint density at radius 3 is 2.32 bits per heavy atom. The Labute approximate surface area is 124 Å². The van der Waals surface area contributed by atoms with Gasteiger partial charge in [-0.1, -0.05) is 46.3 Å². The number of hydrogen-bond acceptors (Lipinski definition) is 2. The van der Waals surface area contributed by atoms with Gasteiger partial charge in [0.05, 0.1) is 0 Å². The molecule has 0 heterocycles. The molecule has 0 amide bonds. The van der Waals surface area contributed by atoms with Crippen LogP contribution in [0.4, 0.5) is 0 Å². The first-order valence-corrected chi connectivity index (χ1v) is 8.78. The molecule has 1 aromatic rings. The summed E-state index contributed by atoms with van der Waals surface area (Å²) in [4.78, 5) is 0. The van der Waals surface area contributed by atoms with E-state index in [0.29, 0.717) is 11.8 Å². The van der Waals surface area contributed by atoms with Crippen LogP contribution in [0.15, 0.2) is 30.3 Å². The van der Waals surface area contributed by atoms with Crippen LogP contribution in [0, 0.1) is 0 Å². The molecule has 0 fully saturated rings. The molecule has 19 heavy (non-hydrogen) atoms. The minimum atomic E-state index is -3.44. The fourth-order valence-corrected chi connectivity index (χ4v) is 3.51. The molecule has 0 aliphatic heterocycles. The summed E-state index contributed by atoms with van der Waals surface area (Å²) in [5.74, 6) is 0. The van der Waals surface area contributed by atoms with Crippen molar-refractivity contribution in [1.29, 1.82) is 0 Å². The molecule has 0 spiro atoms. The van der Waals surface area contributed by atoms with E-state index in [1.807, 2.05) is 44.2 Å². The second kappa shape index (κ2) is 7.38. The lowest BCUT2D eigenvalue weighted by Gasteiger charge is -2.24. The lowest BCUT2D eigenvalue weighted by Crippen LogP contribution is -2.47. The molecular formula is C13H21BrN2O2S. The summed E-state index contributed by atoms with van der Waals surface area (Å²) < 4.78 is 28.3. The van der Waals surface area contributed by atoms with Crippen molar-refractivity contribution in [2.24, 2.45) is 0 Å². The van der Waals surface area contributed by atoms with Gasteiger partial charge >= 0.3 is 0 Å². The van der Waals surface area contributed by atoms with Gasteiger partial charge in [0.1, 0.15) is 0 Å². The van der Waals surface area contributed by atoms with Crippen molar-refractivity contribution in [1.82, 2.24) is 9.03 Å². The molecule has 0 saturated heterocycles. The van der Waals surface area contributed by atoms with Crippen LogP contribution in [0.5, 0.6) is 0 Å². The second-order valence-electron chi connectivity index (χ2n) is 4.77. The monoisotopic (exact) mass is 348 g/mol. The predicted molar refractivity (Wildman–Crippen MR) is 82.7 cm³/mol. The summed E-state index contributed by atoms with van der Waals surface area (Å²) in [7, 11) is -1.85. The number of benzene rings is 1. The highest BCUT2D eigenvalue weighted by Crippen LogP contribution is 2.08. The zero-order valence-corrected chi connectivity index (χ0v) is 13.9. The van der Waals surface area contributed by atoms with E-state index in [1.54, 1.807) is 7.05 Å². The van der Waals surface area contributed by atoms with Gasteiger partial charge in [-0.25, -0.2) is 0 Å². The maximum absolute atomic E-state index is 12.1. The van der Waals surface area contributed by atoms with Crippen LogP contribution in [0.3, 0.4) is 0 Å². The van der Waals surface area contributed by atoms with E-state index in [-0.39, 0.29) is 12.1 Å². The number of rotatable bonds is 7. The highest BCUT2D eigenvalue weighted by molar-refractivity contribution is 9.09. The molecule has 0 saturated carbocycles. The first-order valence-electron chi connectivity index (χ1n) is 6.22. The summed E-state index contributed by atoms with van der Waals surface area (Å²) in [6.45, 7) is 3.69. The Balaban J connectivity index is 2.72. The van der Waals surface area contributed by atoms with Crippen LogP contribution in [0.1, 0.15) is 19.4 Å². The smallest absolute Gasteiger partial charge is 0.198 e. The fraction of sp³-hybridized carbons (Fsp3) is 0.538. The van der Waals surface area contributed by atoms with Gasteiger partial charge in [-0.2, -0.15) is 17.4 Å². The van der Waals surface area contributed by atoms with Gasteiger partial charge in [0.25, 0.3) is 10.2 Å². The Morgan fingerprint density at radius 1 is 1.26 bits per heavy atom. The average Bonchev–Trinajstić information content (AvgIpc) is 2.37. The number of nitrogens with zero attached hydrogens (tertiary/aromatic N) is 1. The fourth-order valence-electron chi connectivity index (χ4n) is 1.60. The van der Waals surface area contributed by atoms with E-state index in [1.165, 1.54) is 4.31 Å². The van der Waals surface area contributed by atoms with Gasteiger partial charge in [-0.3, -0.25) is 0 Å². The Bertz CT molecular complexity index is 477. The van der Waals surface area contributed by atoms with Crippen molar-refractivity contribution in [3.05, 3.63) is 35.9 Å². The Kier molecular flexibility index (Phi) is 6.46. The van der Waals surface area contributed by atoms with Crippen LogP contribution in [0.25, 0.3) is 0 Å². The van der Waals surface area contributed by atoms with Crippen molar-refractivity contribution >= 4 is 26.1 Å². The molecule has 0 aromatic heterocycles. The molecule has 0 aliphatic carbocycles. The standard InChI is InChI=1S/C13H21BrN2O2S/c1-11(2)16(3)19(17,18)15-13(10-14)9-12-7-5-4-6-8-12/h4-8,11,13,15H,9-10H2,1-3H3. The Morgan fingerprint density at radius 2 is 1.84 bits per heavy atom. The zero-order valence-electron chi connectivity index (χ0n) is 11.5. The molecule has 1 aromatic carbocycles. The quantitative estimate of drug-likeness (QED) is 0.767. The summed E-state index contributed by atoms with van der Waals surface area (Å²) in [5, 5.41) is 0.576. The van der Waals surface area contributed by atoms with Gasteiger partial charge in [-0.15, -0.1) is 0 Å². The largest absolute Gasteiger partial charge is 0.279 e. The molecule has 0 aliphatic rings. The summed E-state index contributed by atoms with van der Waals surface area (Å²) in [6.07, 6.45) is 0.664. The van der Waals surface area contributed by atoms with Gasteiger partial charge in [-0.05, 0) is 25.8 Å². The summed E-state index contributed by atoms with van der Waals surface area (Å²) in [5.41, 5.74) is 1.11. The maximum atomic E-state index is 12.1. The van der Waals surface area contributed by atoms with Crippen LogP contribution in [-0.2, 0) is 16.6 Å². The van der Waals surface area contributed by atoms with Crippen molar-refractivity contribution in [3.63, 3.8) is 0 Å². The van der Waals surface area contributed by atoms with Gasteiger partial charge in [0.2, 0.25) is 0 Å². The van der Waals surface area contributed by atoms with Crippen LogP contribution < -0.4 is 4.72 Å². The van der Waals surface area contributed by atoms with Gasteiger partial charge in [0, 0.05) is 24.5 Å². The van der Waals surface area contributed by atoms with E-state index in [2.05, 4.69) is 20.7 Å². The normalized spacial score (nSPS) is 14.0. The van der Waals surface area contributed by atoms with Gasteiger partial charge in [0.15, 0.2) is 0 Å². The minimum Gasteiger partial charge on any atom is -0.198 e. The van der Waals surface area contributed by atoms with E-state index in [4.69, 9.17) is 0 Å². The third-order valence-electron chi connectivity index (χ3n) is 2.93. The van der Waals surface area contributed by atoms with Crippen molar-refractivity contribution in [2.75, 3.05) is 12.4 Å². The molecule has 1 N–H and O–H groups in total. The highest BCUT2D eigenvalue weighted by atomic mass is 79.9. The molecule has 0 radical (unpaired) electrons. The zero-order chi connectivity index (χ0) is 14.5. The lowest BCUT2D eigenvalue weighted by molar-refractivity contribution is 0.397. The lowest BCUT2D eigenvalue weighted by atomic mass is 10.1. The average molecular weight is 349 g/mol. The number of nitrogens with one attached hydrogen (secondary N) is 1. The molecule has 1 unspecified atom stereocenters. The Hall–Kier alpha value is -0.430. The van der Waals surface area contributed by atoms with Crippen molar-refractivity contribution < 1.29 is 8.42 Å². The van der Waals surface area contributed by atoms with E-state index >= 15 is 0 Å². The number of alkyl halides is 1. The second-order valence-corrected chi connectivity index (χ2v) is 7.18. The molecule has 1 atom stereocenters. The van der Waals surface area contributed by atoms with Crippen LogP contribution in [-0.4, -0.2) is 37.2 Å². The van der Waals surface area contributed by atoms with Gasteiger partial charge < -0.3 is 0 Å². The SMILES string of the molecule is CC(C)N(C)S(=O)(=O)NC(CBr)Cc1ccccc1.